The van der Waals surface area contributed by atoms with Gasteiger partial charge < -0.3 is 19.5 Å². The molecular formula is C27H23FN4O3. The smallest absolute Gasteiger partial charge is 0.226 e. The molecule has 35 heavy (non-hydrogen) atoms. The maximum Gasteiger partial charge on any atom is 0.226 e. The van der Waals surface area contributed by atoms with Crippen LogP contribution >= 0.6 is 0 Å². The number of aromatic nitrogens is 3. The van der Waals surface area contributed by atoms with Crippen molar-refractivity contribution in [3.05, 3.63) is 101 Å². The Labute approximate surface area is 201 Å². The highest BCUT2D eigenvalue weighted by molar-refractivity contribution is 5.85. The Morgan fingerprint density at radius 1 is 0.971 bits per heavy atom. The van der Waals surface area contributed by atoms with Crippen LogP contribution < -0.4 is 19.5 Å². The number of halogens is 1. The first-order valence-corrected chi connectivity index (χ1v) is 11.2. The maximum absolute atomic E-state index is 14.3. The normalized spacial score (nSPS) is 18.1. The molecule has 176 valence electrons. The third-order valence-corrected chi connectivity index (χ3v) is 6.44. The van der Waals surface area contributed by atoms with E-state index in [1.54, 1.807) is 20.3 Å². The van der Waals surface area contributed by atoms with E-state index in [0.717, 1.165) is 33.7 Å². The van der Waals surface area contributed by atoms with Gasteiger partial charge in [-0.1, -0.05) is 29.8 Å². The number of nitrogens with one attached hydrogen (secondary N) is 1. The molecule has 0 bridgehead atoms. The second kappa shape index (κ2) is 8.16. The van der Waals surface area contributed by atoms with Gasteiger partial charge in [0, 0.05) is 11.1 Å². The standard InChI is InChI=1S/C27H23FN4O3/c1-15-7-9-20-19(11-15)24-23(26(35-20)17-5-4-6-18(28)12-17)25(32-27(31-24)29-14-30-32)16-8-10-21(33-2)22(13-16)34-3/h4-14,25-26H,1-3H3,(H,29,30,31)/t25-,26-/m1/s1. The van der Waals surface area contributed by atoms with Crippen molar-refractivity contribution in [1.82, 2.24) is 14.8 Å². The van der Waals surface area contributed by atoms with Gasteiger partial charge in [-0.25, -0.2) is 9.07 Å². The van der Waals surface area contributed by atoms with Crippen LogP contribution in [0.1, 0.15) is 34.4 Å². The number of hydrogen-bond acceptors (Lipinski definition) is 6. The fourth-order valence-corrected chi connectivity index (χ4v) is 4.87. The van der Waals surface area contributed by atoms with E-state index >= 15 is 0 Å². The lowest BCUT2D eigenvalue weighted by Gasteiger charge is -2.39. The molecule has 0 fully saturated rings. The molecule has 3 aromatic carbocycles. The van der Waals surface area contributed by atoms with Crippen LogP contribution in [-0.2, 0) is 0 Å². The van der Waals surface area contributed by atoms with Crippen molar-refractivity contribution in [2.24, 2.45) is 0 Å². The lowest BCUT2D eigenvalue weighted by molar-refractivity contribution is 0.222. The van der Waals surface area contributed by atoms with Gasteiger partial charge in [0.05, 0.1) is 19.9 Å². The van der Waals surface area contributed by atoms with Crippen molar-refractivity contribution in [2.75, 3.05) is 19.5 Å². The second-order valence-electron chi connectivity index (χ2n) is 8.55. The minimum Gasteiger partial charge on any atom is -0.493 e. The number of hydrogen-bond donors (Lipinski definition) is 1. The molecule has 4 aromatic rings. The monoisotopic (exact) mass is 470 g/mol. The van der Waals surface area contributed by atoms with Gasteiger partial charge in [0.25, 0.3) is 0 Å². The largest absolute Gasteiger partial charge is 0.493 e. The van der Waals surface area contributed by atoms with Gasteiger partial charge in [-0.15, -0.1) is 0 Å². The van der Waals surface area contributed by atoms with Crippen LogP contribution in [0.4, 0.5) is 10.3 Å². The van der Waals surface area contributed by atoms with Crippen LogP contribution in [-0.4, -0.2) is 29.0 Å². The van der Waals surface area contributed by atoms with Gasteiger partial charge in [0.1, 0.15) is 30.0 Å². The summed E-state index contributed by atoms with van der Waals surface area (Å²) >= 11 is 0. The van der Waals surface area contributed by atoms with E-state index < -0.39 is 6.10 Å². The molecule has 0 spiro atoms. The molecule has 1 N–H and O–H groups in total. The Balaban J connectivity index is 1.63. The molecule has 2 atom stereocenters. The Morgan fingerprint density at radius 2 is 1.83 bits per heavy atom. The lowest BCUT2D eigenvalue weighted by Crippen LogP contribution is -2.32. The van der Waals surface area contributed by atoms with E-state index in [1.165, 1.54) is 18.5 Å². The zero-order valence-electron chi connectivity index (χ0n) is 19.4. The highest BCUT2D eigenvalue weighted by atomic mass is 19.1. The number of anilines is 1. The summed E-state index contributed by atoms with van der Waals surface area (Å²) in [6.07, 6.45) is 0.961. The summed E-state index contributed by atoms with van der Waals surface area (Å²) in [6, 6.07) is 17.9. The van der Waals surface area contributed by atoms with E-state index in [-0.39, 0.29) is 11.9 Å². The van der Waals surface area contributed by atoms with Gasteiger partial charge in [0.15, 0.2) is 11.5 Å². The van der Waals surface area contributed by atoms with Crippen molar-refractivity contribution in [1.29, 1.82) is 0 Å². The third-order valence-electron chi connectivity index (χ3n) is 6.44. The van der Waals surface area contributed by atoms with Gasteiger partial charge in [-0.05, 0) is 54.4 Å². The van der Waals surface area contributed by atoms with Gasteiger partial charge in [0.2, 0.25) is 5.95 Å². The number of aryl methyl sites for hydroxylation is 1. The summed E-state index contributed by atoms with van der Waals surface area (Å²) in [6.45, 7) is 2.04. The first-order chi connectivity index (χ1) is 17.1. The molecule has 7 nitrogen and oxygen atoms in total. The zero-order valence-corrected chi connectivity index (χ0v) is 19.4. The first-order valence-electron chi connectivity index (χ1n) is 11.2. The molecule has 6 rings (SSSR count). The SMILES string of the molecule is COc1ccc([C@@H]2C3=C(Nc4ncnn42)c2cc(C)ccc2O[C@@H]3c2cccc(F)c2)cc1OC. The Morgan fingerprint density at radius 3 is 2.63 bits per heavy atom. The van der Waals surface area contributed by atoms with Crippen LogP contribution in [0.15, 0.2) is 72.6 Å². The molecule has 1 aromatic heterocycles. The zero-order chi connectivity index (χ0) is 24.1. The van der Waals surface area contributed by atoms with Crippen LogP contribution in [0.5, 0.6) is 17.2 Å². The number of fused-ring (bicyclic) bond motifs is 3. The molecular weight excluding hydrogens is 447 g/mol. The van der Waals surface area contributed by atoms with Crippen molar-refractivity contribution in [3.8, 4) is 17.2 Å². The summed E-state index contributed by atoms with van der Waals surface area (Å²) in [5.74, 6) is 2.23. The average molecular weight is 471 g/mol. The van der Waals surface area contributed by atoms with E-state index in [4.69, 9.17) is 14.2 Å². The quantitative estimate of drug-likeness (QED) is 0.436. The predicted octanol–water partition coefficient (Wildman–Crippen LogP) is 5.30. The number of methoxy groups -OCH3 is 2. The molecule has 2 aliphatic rings. The van der Waals surface area contributed by atoms with Gasteiger partial charge >= 0.3 is 0 Å². The molecule has 0 aliphatic carbocycles. The number of nitrogens with zero attached hydrogens (tertiary/aromatic N) is 3. The third kappa shape index (κ3) is 3.41. The molecule has 2 aliphatic heterocycles. The van der Waals surface area contributed by atoms with Gasteiger partial charge in [-0.3, -0.25) is 0 Å². The molecule has 0 radical (unpaired) electrons. The van der Waals surface area contributed by atoms with Crippen molar-refractivity contribution >= 4 is 11.6 Å². The number of ether oxygens (including phenoxy) is 3. The van der Waals surface area contributed by atoms with E-state index in [2.05, 4.69) is 21.5 Å². The molecule has 0 amide bonds. The lowest BCUT2D eigenvalue weighted by atomic mass is 9.84. The Hall–Kier alpha value is -4.33. The van der Waals surface area contributed by atoms with Crippen LogP contribution in [0.25, 0.3) is 5.70 Å². The Bertz CT molecular complexity index is 1480. The van der Waals surface area contributed by atoms with Crippen molar-refractivity contribution in [3.63, 3.8) is 0 Å². The summed E-state index contributed by atoms with van der Waals surface area (Å²) in [7, 11) is 3.21. The average Bonchev–Trinajstić information content (AvgIpc) is 3.35. The first kappa shape index (κ1) is 21.2. The highest BCUT2D eigenvalue weighted by Crippen LogP contribution is 2.51. The van der Waals surface area contributed by atoms with Gasteiger partial charge in [-0.2, -0.15) is 10.1 Å². The summed E-state index contributed by atoms with van der Waals surface area (Å²) in [4.78, 5) is 4.46. The summed E-state index contributed by atoms with van der Waals surface area (Å²) < 4.78 is 33.8. The topological polar surface area (TPSA) is 70.4 Å². The molecule has 0 saturated heterocycles. The minimum absolute atomic E-state index is 0.323. The van der Waals surface area contributed by atoms with Crippen molar-refractivity contribution in [2.45, 2.75) is 19.1 Å². The van der Waals surface area contributed by atoms with E-state index in [9.17, 15) is 4.39 Å². The fourth-order valence-electron chi connectivity index (χ4n) is 4.87. The number of benzene rings is 3. The molecule has 0 saturated carbocycles. The Kier molecular flexibility index (Phi) is 4.95. The van der Waals surface area contributed by atoms with E-state index in [1.807, 2.05) is 48.0 Å². The summed E-state index contributed by atoms with van der Waals surface area (Å²) in [5, 5.41) is 8.00. The molecule has 8 heteroatoms. The van der Waals surface area contributed by atoms with Crippen molar-refractivity contribution < 1.29 is 18.6 Å². The van der Waals surface area contributed by atoms with Crippen LogP contribution in [0.3, 0.4) is 0 Å². The molecule has 0 unspecified atom stereocenters. The van der Waals surface area contributed by atoms with Crippen LogP contribution in [0, 0.1) is 12.7 Å². The second-order valence-corrected chi connectivity index (χ2v) is 8.55. The van der Waals surface area contributed by atoms with E-state index in [0.29, 0.717) is 23.0 Å². The number of rotatable bonds is 4. The predicted molar refractivity (Wildman–Crippen MR) is 129 cm³/mol. The highest BCUT2D eigenvalue weighted by Gasteiger charge is 2.41. The fraction of sp³-hybridized carbons (Fsp3) is 0.185. The minimum atomic E-state index is -0.557. The van der Waals surface area contributed by atoms with Crippen LogP contribution in [0.2, 0.25) is 0 Å². The maximum atomic E-state index is 14.3. The summed E-state index contributed by atoms with van der Waals surface area (Å²) in [5.41, 5.74) is 5.42. The molecule has 3 heterocycles.